The van der Waals surface area contributed by atoms with Crippen molar-refractivity contribution >= 4 is 28.4 Å². The molecule has 1 aromatic heterocycles. The molecule has 0 bridgehead atoms. The highest BCUT2D eigenvalue weighted by molar-refractivity contribution is 6.00. The number of hydrogen-bond acceptors (Lipinski definition) is 3. The molecule has 2 N–H and O–H groups in total. The minimum Gasteiger partial charge on any atom is -0.494 e. The lowest BCUT2D eigenvalue weighted by Crippen LogP contribution is -2.34. The molecule has 2 heterocycles. The second kappa shape index (κ2) is 8.39. The number of benzene rings is 2. The Morgan fingerprint density at radius 3 is 2.79 bits per heavy atom. The van der Waals surface area contributed by atoms with Gasteiger partial charge in [0.2, 0.25) is 11.8 Å². The van der Waals surface area contributed by atoms with E-state index in [1.54, 1.807) is 4.90 Å². The van der Waals surface area contributed by atoms with Gasteiger partial charge in [0.25, 0.3) is 0 Å². The smallest absolute Gasteiger partial charge is 0.227 e. The molecule has 6 nitrogen and oxygen atoms in total. The van der Waals surface area contributed by atoms with Crippen molar-refractivity contribution in [1.82, 2.24) is 10.3 Å². The first-order valence-corrected chi connectivity index (χ1v) is 10.0. The lowest BCUT2D eigenvalue weighted by atomic mass is 10.1. The highest BCUT2D eigenvalue weighted by Gasteiger charge is 2.34. The predicted octanol–water partition coefficient (Wildman–Crippen LogP) is 3.28. The number of para-hydroxylation sites is 1. The minimum absolute atomic E-state index is 0.0223. The molecule has 0 saturated carbocycles. The lowest BCUT2D eigenvalue weighted by Gasteiger charge is -2.17. The SMILES string of the molecule is CCOc1ccc(N2CC(C(=O)NCCc3c[nH]c4ccccc34)CC2=O)cc1. The summed E-state index contributed by atoms with van der Waals surface area (Å²) in [5.41, 5.74) is 3.08. The van der Waals surface area contributed by atoms with Crippen LogP contribution >= 0.6 is 0 Å². The number of aromatic nitrogens is 1. The van der Waals surface area contributed by atoms with Crippen molar-refractivity contribution in [3.05, 3.63) is 60.3 Å². The number of carbonyl (C=O) groups is 2. The zero-order valence-electron chi connectivity index (χ0n) is 16.5. The Morgan fingerprint density at radius 1 is 1.21 bits per heavy atom. The molecule has 150 valence electrons. The molecule has 1 unspecified atom stereocenters. The summed E-state index contributed by atoms with van der Waals surface area (Å²) in [4.78, 5) is 29.9. The number of carbonyl (C=O) groups excluding carboxylic acids is 2. The maximum absolute atomic E-state index is 12.6. The third-order valence-corrected chi connectivity index (χ3v) is 5.32. The lowest BCUT2D eigenvalue weighted by molar-refractivity contribution is -0.126. The van der Waals surface area contributed by atoms with E-state index in [2.05, 4.69) is 16.4 Å². The van der Waals surface area contributed by atoms with Crippen LogP contribution in [0.1, 0.15) is 18.9 Å². The molecular formula is C23H25N3O3. The second-order valence-electron chi connectivity index (χ2n) is 7.23. The number of ether oxygens (including phenoxy) is 1. The van der Waals surface area contributed by atoms with E-state index in [-0.39, 0.29) is 24.2 Å². The van der Waals surface area contributed by atoms with Crippen LogP contribution in [0.25, 0.3) is 10.9 Å². The average Bonchev–Trinajstić information content (AvgIpc) is 3.33. The Hall–Kier alpha value is -3.28. The highest BCUT2D eigenvalue weighted by Crippen LogP contribution is 2.27. The summed E-state index contributed by atoms with van der Waals surface area (Å²) in [5, 5.41) is 4.17. The molecule has 0 aliphatic carbocycles. The van der Waals surface area contributed by atoms with Crippen molar-refractivity contribution in [1.29, 1.82) is 0 Å². The third-order valence-electron chi connectivity index (χ3n) is 5.32. The molecule has 3 aromatic rings. The van der Waals surface area contributed by atoms with Gasteiger partial charge in [0.1, 0.15) is 5.75 Å². The average molecular weight is 391 g/mol. The standard InChI is InChI=1S/C23H25N3O3/c1-2-29-19-9-7-18(8-10-19)26-15-17(13-22(26)27)23(28)24-12-11-16-14-25-21-6-4-3-5-20(16)21/h3-10,14,17,25H,2,11-13,15H2,1H3,(H,24,28). The number of amides is 2. The molecular weight excluding hydrogens is 366 g/mol. The predicted molar refractivity (Wildman–Crippen MR) is 113 cm³/mol. The van der Waals surface area contributed by atoms with Gasteiger partial charge in [-0.05, 0) is 49.2 Å². The first-order valence-electron chi connectivity index (χ1n) is 10.0. The monoisotopic (exact) mass is 391 g/mol. The van der Waals surface area contributed by atoms with Gasteiger partial charge in [-0.2, -0.15) is 0 Å². The molecule has 29 heavy (non-hydrogen) atoms. The first-order chi connectivity index (χ1) is 14.2. The van der Waals surface area contributed by atoms with Crippen LogP contribution in [0.15, 0.2) is 54.7 Å². The van der Waals surface area contributed by atoms with E-state index >= 15 is 0 Å². The van der Waals surface area contributed by atoms with Gasteiger partial charge in [-0.25, -0.2) is 0 Å². The van der Waals surface area contributed by atoms with E-state index in [4.69, 9.17) is 4.74 Å². The molecule has 0 radical (unpaired) electrons. The van der Waals surface area contributed by atoms with Crippen molar-refractivity contribution in [3.63, 3.8) is 0 Å². The number of aromatic amines is 1. The number of nitrogens with zero attached hydrogens (tertiary/aromatic N) is 1. The molecule has 1 saturated heterocycles. The molecule has 0 spiro atoms. The van der Waals surface area contributed by atoms with Crippen molar-refractivity contribution in [2.75, 3.05) is 24.6 Å². The van der Waals surface area contributed by atoms with Gasteiger partial charge in [0.15, 0.2) is 0 Å². The summed E-state index contributed by atoms with van der Waals surface area (Å²) >= 11 is 0. The number of rotatable bonds is 7. The first kappa shape index (κ1) is 19.1. The number of H-pyrrole nitrogens is 1. The van der Waals surface area contributed by atoms with Gasteiger partial charge in [0.05, 0.1) is 12.5 Å². The van der Waals surface area contributed by atoms with Gasteiger partial charge in [-0.1, -0.05) is 18.2 Å². The Morgan fingerprint density at radius 2 is 2.00 bits per heavy atom. The third kappa shape index (κ3) is 4.11. The van der Waals surface area contributed by atoms with Gasteiger partial charge >= 0.3 is 0 Å². The van der Waals surface area contributed by atoms with Crippen LogP contribution in [0.2, 0.25) is 0 Å². The molecule has 4 rings (SSSR count). The fraction of sp³-hybridized carbons (Fsp3) is 0.304. The molecule has 1 fully saturated rings. The van der Waals surface area contributed by atoms with E-state index < -0.39 is 0 Å². The minimum atomic E-state index is -0.322. The van der Waals surface area contributed by atoms with Crippen molar-refractivity contribution < 1.29 is 14.3 Å². The molecule has 1 atom stereocenters. The molecule has 1 aliphatic rings. The highest BCUT2D eigenvalue weighted by atomic mass is 16.5. The Balaban J connectivity index is 1.32. The van der Waals surface area contributed by atoms with Gasteiger partial charge < -0.3 is 19.9 Å². The summed E-state index contributed by atoms with van der Waals surface area (Å²) in [6.07, 6.45) is 2.98. The quantitative estimate of drug-likeness (QED) is 0.649. The van der Waals surface area contributed by atoms with Crippen LogP contribution in [-0.4, -0.2) is 36.5 Å². The van der Waals surface area contributed by atoms with E-state index in [0.717, 1.165) is 23.4 Å². The Kier molecular flexibility index (Phi) is 5.51. The second-order valence-corrected chi connectivity index (χ2v) is 7.23. The topological polar surface area (TPSA) is 74.4 Å². The number of fused-ring (bicyclic) bond motifs is 1. The zero-order valence-corrected chi connectivity index (χ0v) is 16.5. The van der Waals surface area contributed by atoms with Crippen LogP contribution < -0.4 is 15.0 Å². The largest absolute Gasteiger partial charge is 0.494 e. The Labute approximate surface area is 169 Å². The molecule has 1 aliphatic heterocycles. The maximum atomic E-state index is 12.6. The number of nitrogens with one attached hydrogen (secondary N) is 2. The Bertz CT molecular complexity index is 1010. The fourth-order valence-electron chi connectivity index (χ4n) is 3.82. The number of hydrogen-bond donors (Lipinski definition) is 2. The van der Waals surface area contributed by atoms with Crippen LogP contribution in [0.5, 0.6) is 5.75 Å². The maximum Gasteiger partial charge on any atom is 0.227 e. The van der Waals surface area contributed by atoms with Crippen molar-refractivity contribution in [2.45, 2.75) is 19.8 Å². The summed E-state index contributed by atoms with van der Waals surface area (Å²) in [5.74, 6) is 0.365. The van der Waals surface area contributed by atoms with Crippen LogP contribution in [-0.2, 0) is 16.0 Å². The molecule has 2 aromatic carbocycles. The summed E-state index contributed by atoms with van der Waals surface area (Å²) in [7, 11) is 0. The zero-order chi connectivity index (χ0) is 20.2. The van der Waals surface area contributed by atoms with E-state index in [1.165, 1.54) is 10.9 Å². The van der Waals surface area contributed by atoms with Gasteiger partial charge in [-0.3, -0.25) is 9.59 Å². The van der Waals surface area contributed by atoms with E-state index in [9.17, 15) is 9.59 Å². The molecule has 6 heteroatoms. The van der Waals surface area contributed by atoms with E-state index in [0.29, 0.717) is 19.7 Å². The van der Waals surface area contributed by atoms with Gasteiger partial charge in [-0.15, -0.1) is 0 Å². The van der Waals surface area contributed by atoms with Crippen molar-refractivity contribution in [3.8, 4) is 5.75 Å². The van der Waals surface area contributed by atoms with E-state index in [1.807, 2.05) is 55.6 Å². The number of anilines is 1. The summed E-state index contributed by atoms with van der Waals surface area (Å²) in [6, 6.07) is 15.5. The van der Waals surface area contributed by atoms with Crippen LogP contribution in [0.3, 0.4) is 0 Å². The normalized spacial score (nSPS) is 16.4. The van der Waals surface area contributed by atoms with Crippen molar-refractivity contribution in [2.24, 2.45) is 5.92 Å². The molecule has 2 amide bonds. The van der Waals surface area contributed by atoms with Crippen LogP contribution in [0, 0.1) is 5.92 Å². The summed E-state index contributed by atoms with van der Waals surface area (Å²) < 4.78 is 5.44. The van der Waals surface area contributed by atoms with Crippen LogP contribution in [0.4, 0.5) is 5.69 Å². The summed E-state index contributed by atoms with van der Waals surface area (Å²) in [6.45, 7) is 3.49. The van der Waals surface area contributed by atoms with Gasteiger partial charge in [0, 0.05) is 42.3 Å². The fourth-order valence-corrected chi connectivity index (χ4v) is 3.82.